The molecular weight excluding hydrogens is 396 g/mol. The van der Waals surface area contributed by atoms with Crippen LogP contribution in [0.2, 0.25) is 0 Å². The van der Waals surface area contributed by atoms with Crippen LogP contribution in [0.25, 0.3) is 16.7 Å². The molecule has 0 heteroatoms. The summed E-state index contributed by atoms with van der Waals surface area (Å²) in [4.78, 5) is 0. The van der Waals surface area contributed by atoms with Crippen LogP contribution in [0.3, 0.4) is 0 Å². The molecule has 0 saturated heterocycles. The minimum absolute atomic E-state index is 0.0152. The zero-order valence-corrected chi connectivity index (χ0v) is 19.5. The maximum Gasteiger partial charge on any atom is 0.0149 e. The molecule has 33 heavy (non-hydrogen) atoms. The van der Waals surface area contributed by atoms with Crippen LogP contribution in [0.15, 0.2) is 109 Å². The van der Waals surface area contributed by atoms with Gasteiger partial charge in [-0.3, -0.25) is 0 Å². The smallest absolute Gasteiger partial charge is 0.0149 e. The number of benzene rings is 4. The topological polar surface area (TPSA) is 0 Å². The van der Waals surface area contributed by atoms with Crippen LogP contribution in [0, 0.1) is 0 Å². The highest BCUT2D eigenvalue weighted by molar-refractivity contribution is 5.82. The van der Waals surface area contributed by atoms with Gasteiger partial charge in [-0.25, -0.2) is 0 Å². The van der Waals surface area contributed by atoms with Gasteiger partial charge < -0.3 is 0 Å². The van der Waals surface area contributed by atoms with Gasteiger partial charge in [0.1, 0.15) is 0 Å². The summed E-state index contributed by atoms with van der Waals surface area (Å²) >= 11 is 0. The van der Waals surface area contributed by atoms with Crippen molar-refractivity contribution < 1.29 is 0 Å². The van der Waals surface area contributed by atoms with E-state index in [4.69, 9.17) is 0 Å². The molecule has 4 aromatic carbocycles. The van der Waals surface area contributed by atoms with Crippen LogP contribution in [-0.2, 0) is 5.41 Å². The van der Waals surface area contributed by atoms with E-state index in [2.05, 4.69) is 123 Å². The molecule has 0 radical (unpaired) electrons. The molecule has 0 fully saturated rings. The van der Waals surface area contributed by atoms with E-state index in [9.17, 15) is 0 Å². The second-order valence-corrected chi connectivity index (χ2v) is 10.1. The van der Waals surface area contributed by atoms with Crippen molar-refractivity contribution in [3.8, 4) is 11.1 Å². The molecule has 1 unspecified atom stereocenters. The van der Waals surface area contributed by atoms with Gasteiger partial charge in [0, 0.05) is 17.3 Å². The van der Waals surface area contributed by atoms with Crippen molar-refractivity contribution in [1.29, 1.82) is 0 Å². The van der Waals surface area contributed by atoms with Crippen molar-refractivity contribution in [2.45, 2.75) is 43.9 Å². The summed E-state index contributed by atoms with van der Waals surface area (Å²) in [5, 5.41) is 0. The lowest BCUT2D eigenvalue weighted by atomic mass is 9.75. The SMILES string of the molecule is CC(C)(C1=CC(CCC2c3ccccc3-c3ccccc32)c2ccccc21)c1ccccc1. The standard InChI is InChI=1S/C33H30/c1-33(2,24-12-4-3-5-13-24)32-22-23(25-14-6-11-19-31(25)32)20-21-30-28-17-9-7-15-26(28)27-16-8-10-18-29(27)30/h3-19,22-23,30H,20-21H2,1-2H3. The van der Waals surface area contributed by atoms with Crippen molar-refractivity contribution in [2.24, 2.45) is 0 Å². The third-order valence-corrected chi connectivity index (χ3v) is 7.92. The second kappa shape index (κ2) is 7.89. The molecule has 0 spiro atoms. The Bertz CT molecular complexity index is 1290. The molecule has 0 saturated carbocycles. The van der Waals surface area contributed by atoms with Crippen molar-refractivity contribution >= 4 is 5.57 Å². The summed E-state index contributed by atoms with van der Waals surface area (Å²) in [7, 11) is 0. The van der Waals surface area contributed by atoms with Crippen LogP contribution >= 0.6 is 0 Å². The van der Waals surface area contributed by atoms with Gasteiger partial charge in [-0.05, 0) is 57.4 Å². The summed E-state index contributed by atoms with van der Waals surface area (Å²) in [5.41, 5.74) is 11.6. The van der Waals surface area contributed by atoms with Crippen molar-refractivity contribution in [2.75, 3.05) is 0 Å². The zero-order chi connectivity index (χ0) is 22.4. The predicted octanol–water partition coefficient (Wildman–Crippen LogP) is 8.74. The largest absolute Gasteiger partial charge is 0.0723 e. The van der Waals surface area contributed by atoms with Gasteiger partial charge in [-0.1, -0.05) is 123 Å². The molecule has 0 N–H and O–H groups in total. The average molecular weight is 427 g/mol. The van der Waals surface area contributed by atoms with Gasteiger partial charge in [0.15, 0.2) is 0 Å². The molecule has 6 rings (SSSR count). The maximum absolute atomic E-state index is 2.57. The lowest BCUT2D eigenvalue weighted by molar-refractivity contribution is 0.632. The molecule has 1 atom stereocenters. The highest BCUT2D eigenvalue weighted by atomic mass is 14.4. The second-order valence-electron chi connectivity index (χ2n) is 10.1. The van der Waals surface area contributed by atoms with Gasteiger partial charge in [0.2, 0.25) is 0 Å². The fraction of sp³-hybridized carbons (Fsp3) is 0.212. The van der Waals surface area contributed by atoms with Gasteiger partial charge in [-0.2, -0.15) is 0 Å². The molecule has 4 aromatic rings. The van der Waals surface area contributed by atoms with E-state index in [0.29, 0.717) is 11.8 Å². The Morgan fingerprint density at radius 3 is 1.70 bits per heavy atom. The van der Waals surface area contributed by atoms with Crippen LogP contribution in [0.5, 0.6) is 0 Å². The van der Waals surface area contributed by atoms with Crippen molar-refractivity contribution in [3.63, 3.8) is 0 Å². The Morgan fingerprint density at radius 1 is 0.545 bits per heavy atom. The predicted molar refractivity (Wildman–Crippen MR) is 140 cm³/mol. The fourth-order valence-corrected chi connectivity index (χ4v) is 6.16. The van der Waals surface area contributed by atoms with Gasteiger partial charge in [0.25, 0.3) is 0 Å². The first kappa shape index (κ1) is 20.2. The monoisotopic (exact) mass is 426 g/mol. The first-order valence-corrected chi connectivity index (χ1v) is 12.2. The lowest BCUT2D eigenvalue weighted by Crippen LogP contribution is -2.18. The van der Waals surface area contributed by atoms with E-state index in [1.165, 1.54) is 57.4 Å². The van der Waals surface area contributed by atoms with Crippen LogP contribution < -0.4 is 0 Å². The minimum Gasteiger partial charge on any atom is -0.0723 e. The Labute approximate surface area is 197 Å². The Balaban J connectivity index is 1.34. The molecule has 0 aliphatic heterocycles. The minimum atomic E-state index is -0.0152. The van der Waals surface area contributed by atoms with Crippen molar-refractivity contribution in [3.05, 3.63) is 137 Å². The fourth-order valence-electron chi connectivity index (χ4n) is 6.16. The molecular formula is C33H30. The Morgan fingerprint density at radius 2 is 1.06 bits per heavy atom. The molecule has 0 bridgehead atoms. The Kier molecular flexibility index (Phi) is 4.84. The molecule has 0 aromatic heterocycles. The molecule has 0 nitrogen and oxygen atoms in total. The summed E-state index contributed by atoms with van der Waals surface area (Å²) in [5.74, 6) is 0.961. The third-order valence-electron chi connectivity index (χ3n) is 7.92. The van der Waals surface area contributed by atoms with Crippen molar-refractivity contribution in [1.82, 2.24) is 0 Å². The van der Waals surface area contributed by atoms with Crippen LogP contribution in [0.1, 0.15) is 66.3 Å². The van der Waals surface area contributed by atoms with Gasteiger partial charge in [0.05, 0.1) is 0 Å². The number of allylic oxidation sites excluding steroid dienone is 2. The zero-order valence-electron chi connectivity index (χ0n) is 19.5. The highest BCUT2D eigenvalue weighted by Gasteiger charge is 2.35. The van der Waals surface area contributed by atoms with E-state index < -0.39 is 0 Å². The van der Waals surface area contributed by atoms with Crippen LogP contribution in [-0.4, -0.2) is 0 Å². The molecule has 0 heterocycles. The first-order chi connectivity index (χ1) is 16.1. The third kappa shape index (κ3) is 3.28. The number of hydrogen-bond donors (Lipinski definition) is 0. The summed E-state index contributed by atoms with van der Waals surface area (Å²) in [6.45, 7) is 4.74. The van der Waals surface area contributed by atoms with Gasteiger partial charge >= 0.3 is 0 Å². The summed E-state index contributed by atoms with van der Waals surface area (Å²) in [6, 6.07) is 38.0. The molecule has 2 aliphatic rings. The molecule has 2 aliphatic carbocycles. The van der Waals surface area contributed by atoms with Crippen LogP contribution in [0.4, 0.5) is 0 Å². The highest BCUT2D eigenvalue weighted by Crippen LogP contribution is 2.51. The summed E-state index contributed by atoms with van der Waals surface area (Å²) < 4.78 is 0. The number of rotatable bonds is 5. The number of hydrogen-bond acceptors (Lipinski definition) is 0. The molecule has 0 amide bonds. The first-order valence-electron chi connectivity index (χ1n) is 12.2. The summed E-state index contributed by atoms with van der Waals surface area (Å²) in [6.07, 6.45) is 4.91. The lowest BCUT2D eigenvalue weighted by Gasteiger charge is -2.28. The maximum atomic E-state index is 2.57. The van der Waals surface area contributed by atoms with Gasteiger partial charge in [-0.15, -0.1) is 0 Å². The normalized spacial score (nSPS) is 16.8. The van der Waals surface area contributed by atoms with E-state index >= 15 is 0 Å². The molecule has 162 valence electrons. The Hall–Kier alpha value is -3.38. The van der Waals surface area contributed by atoms with E-state index in [1.54, 1.807) is 0 Å². The van der Waals surface area contributed by atoms with E-state index in [-0.39, 0.29) is 5.41 Å². The van der Waals surface area contributed by atoms with E-state index in [0.717, 1.165) is 0 Å². The quantitative estimate of drug-likeness (QED) is 0.299. The average Bonchev–Trinajstić information content (AvgIpc) is 3.40. The van der Waals surface area contributed by atoms with E-state index in [1.807, 2.05) is 0 Å². The number of fused-ring (bicyclic) bond motifs is 4.